The third-order valence-corrected chi connectivity index (χ3v) is 5.93. The number of likely N-dealkylation sites (tertiary alicyclic amines) is 1. The Kier molecular flexibility index (Phi) is 9.00. The number of amides is 4. The van der Waals surface area contributed by atoms with E-state index in [1.54, 1.807) is 6.07 Å². The number of anilines is 3. The predicted octanol–water partition coefficient (Wildman–Crippen LogP) is 4.34. The Morgan fingerprint density at radius 1 is 0.923 bits per heavy atom. The molecule has 1 aromatic heterocycles. The Bertz CT molecular complexity index is 1330. The molecule has 39 heavy (non-hydrogen) atoms. The number of nitrogens with one attached hydrogen (secondary N) is 4. The van der Waals surface area contributed by atoms with Crippen LogP contribution in [0.5, 0.6) is 11.5 Å². The third-order valence-electron chi connectivity index (χ3n) is 5.93. The molecule has 1 aliphatic rings. The van der Waals surface area contributed by atoms with E-state index in [0.29, 0.717) is 11.4 Å². The number of aromatic nitrogens is 1. The summed E-state index contributed by atoms with van der Waals surface area (Å²) in [5.41, 5.74) is 0.193. The van der Waals surface area contributed by atoms with Gasteiger partial charge in [0.25, 0.3) is 0 Å². The van der Waals surface area contributed by atoms with Gasteiger partial charge in [0.05, 0.1) is 5.69 Å². The molecule has 10 nitrogen and oxygen atoms in total. The number of urea groups is 1. The zero-order valence-electron chi connectivity index (χ0n) is 21.2. The quantitative estimate of drug-likeness (QED) is 0.317. The van der Waals surface area contributed by atoms with Crippen LogP contribution in [0.4, 0.5) is 30.8 Å². The van der Waals surface area contributed by atoms with Crippen LogP contribution in [0, 0.1) is 11.6 Å². The number of halogens is 2. The highest BCUT2D eigenvalue weighted by Crippen LogP contribution is 2.27. The summed E-state index contributed by atoms with van der Waals surface area (Å²) in [6.45, 7) is 1.83. The molecule has 2 aromatic carbocycles. The van der Waals surface area contributed by atoms with Crippen LogP contribution >= 0.6 is 0 Å². The van der Waals surface area contributed by atoms with E-state index in [0.717, 1.165) is 32.0 Å². The smallest absolute Gasteiger partial charge is 0.320 e. The molecular formula is C27H28F2N6O4. The van der Waals surface area contributed by atoms with E-state index < -0.39 is 29.9 Å². The van der Waals surface area contributed by atoms with E-state index in [2.05, 4.69) is 31.2 Å². The van der Waals surface area contributed by atoms with Gasteiger partial charge in [-0.1, -0.05) is 0 Å². The highest BCUT2D eigenvalue weighted by Gasteiger charge is 2.19. The minimum Gasteiger partial charge on any atom is -0.457 e. The van der Waals surface area contributed by atoms with Crippen LogP contribution < -0.4 is 26.0 Å². The fraction of sp³-hybridized carbons (Fsp3) is 0.259. The molecule has 0 spiro atoms. The molecule has 1 saturated heterocycles. The number of benzene rings is 2. The summed E-state index contributed by atoms with van der Waals surface area (Å²) < 4.78 is 33.3. The average Bonchev–Trinajstić information content (AvgIpc) is 2.88. The van der Waals surface area contributed by atoms with Gasteiger partial charge in [-0.25, -0.2) is 18.6 Å². The van der Waals surface area contributed by atoms with Gasteiger partial charge in [-0.3, -0.25) is 14.9 Å². The van der Waals surface area contributed by atoms with Crippen LogP contribution in [0.2, 0.25) is 0 Å². The second kappa shape index (κ2) is 12.8. The minimum atomic E-state index is -0.773. The summed E-state index contributed by atoms with van der Waals surface area (Å²) in [6.07, 6.45) is 2.62. The minimum absolute atomic E-state index is 0.0896. The molecular weight excluding hydrogens is 510 g/mol. The number of piperidine rings is 1. The molecule has 2 heterocycles. The summed E-state index contributed by atoms with van der Waals surface area (Å²) in [5, 5.41) is 10.4. The van der Waals surface area contributed by atoms with Crippen LogP contribution in [-0.4, -0.2) is 53.9 Å². The molecule has 0 saturated carbocycles. The molecule has 0 bridgehead atoms. The average molecular weight is 539 g/mol. The summed E-state index contributed by atoms with van der Waals surface area (Å²) in [5.74, 6) is -1.88. The Labute approximate surface area is 223 Å². The predicted molar refractivity (Wildman–Crippen MR) is 142 cm³/mol. The van der Waals surface area contributed by atoms with Crippen molar-refractivity contribution in [3.63, 3.8) is 0 Å². The Morgan fingerprint density at radius 3 is 2.33 bits per heavy atom. The number of ether oxygens (including phenoxy) is 1. The normalized spacial score (nSPS) is 13.8. The molecule has 4 N–H and O–H groups in total. The topological polar surface area (TPSA) is 125 Å². The van der Waals surface area contributed by atoms with Crippen molar-refractivity contribution < 1.29 is 27.9 Å². The molecule has 204 valence electrons. The molecule has 4 rings (SSSR count). The first-order chi connectivity index (χ1) is 18.7. The number of hydrogen-bond donors (Lipinski definition) is 4. The van der Waals surface area contributed by atoms with Crippen molar-refractivity contribution in [2.45, 2.75) is 25.3 Å². The summed E-state index contributed by atoms with van der Waals surface area (Å²) >= 11 is 0. The first-order valence-corrected chi connectivity index (χ1v) is 12.3. The van der Waals surface area contributed by atoms with Gasteiger partial charge in [0.2, 0.25) is 11.8 Å². The van der Waals surface area contributed by atoms with E-state index >= 15 is 0 Å². The van der Waals surface area contributed by atoms with Gasteiger partial charge >= 0.3 is 6.03 Å². The largest absolute Gasteiger partial charge is 0.457 e. The van der Waals surface area contributed by atoms with Gasteiger partial charge in [0.1, 0.15) is 35.4 Å². The lowest BCUT2D eigenvalue weighted by Crippen LogP contribution is -2.44. The summed E-state index contributed by atoms with van der Waals surface area (Å²) in [7, 11) is 2.04. The van der Waals surface area contributed by atoms with Crippen LogP contribution in [-0.2, 0) is 9.59 Å². The van der Waals surface area contributed by atoms with Crippen molar-refractivity contribution in [3.05, 3.63) is 72.4 Å². The van der Waals surface area contributed by atoms with E-state index in [9.17, 15) is 23.2 Å². The van der Waals surface area contributed by atoms with Crippen LogP contribution in [0.25, 0.3) is 0 Å². The Hall–Kier alpha value is -4.58. The molecule has 1 aliphatic heterocycles. The number of pyridine rings is 1. The van der Waals surface area contributed by atoms with Crippen molar-refractivity contribution >= 4 is 35.0 Å². The number of carbonyl (C=O) groups excluding carboxylic acids is 3. The zero-order chi connectivity index (χ0) is 27.8. The molecule has 4 amide bonds. The van der Waals surface area contributed by atoms with Crippen molar-refractivity contribution in [1.82, 2.24) is 15.2 Å². The van der Waals surface area contributed by atoms with E-state index in [1.165, 1.54) is 48.7 Å². The summed E-state index contributed by atoms with van der Waals surface area (Å²) in [4.78, 5) is 42.9. The lowest BCUT2D eigenvalue weighted by Gasteiger charge is -2.29. The first-order valence-electron chi connectivity index (χ1n) is 12.3. The third kappa shape index (κ3) is 8.47. The van der Waals surface area contributed by atoms with E-state index in [-0.39, 0.29) is 29.3 Å². The van der Waals surface area contributed by atoms with E-state index in [4.69, 9.17) is 4.74 Å². The van der Waals surface area contributed by atoms with Crippen molar-refractivity contribution in [2.24, 2.45) is 0 Å². The van der Waals surface area contributed by atoms with Crippen molar-refractivity contribution in [2.75, 3.05) is 36.1 Å². The summed E-state index contributed by atoms with van der Waals surface area (Å²) in [6, 6.07) is 11.7. The second-order valence-electron chi connectivity index (χ2n) is 9.08. The lowest BCUT2D eigenvalue weighted by molar-refractivity contribution is -0.123. The maximum absolute atomic E-state index is 14.6. The number of hydrogen-bond acceptors (Lipinski definition) is 6. The van der Waals surface area contributed by atoms with Gasteiger partial charge < -0.3 is 25.6 Å². The molecule has 3 aromatic rings. The maximum Gasteiger partial charge on any atom is 0.320 e. The van der Waals surface area contributed by atoms with Crippen molar-refractivity contribution in [1.29, 1.82) is 0 Å². The highest BCUT2D eigenvalue weighted by atomic mass is 19.1. The molecule has 0 aliphatic carbocycles. The number of nitrogens with zero attached hydrogens (tertiary/aromatic N) is 2. The standard InChI is InChI=1S/C27H28F2N6O4/c1-35-12-9-19(10-13-35)32-27(38)34-24-15-21(8-11-30-24)39-20-6-7-23(22(29)14-20)33-26(37)16-25(36)31-18-4-2-17(28)3-5-18/h2-8,11,14-15,19H,9-10,12-13,16H2,1H3,(H,31,36)(H,33,37)(H2,30,32,34,38). The lowest BCUT2D eigenvalue weighted by atomic mass is 10.1. The van der Waals surface area contributed by atoms with Gasteiger partial charge in [-0.05, 0) is 75.4 Å². The van der Waals surface area contributed by atoms with Crippen LogP contribution in [0.3, 0.4) is 0 Å². The number of rotatable bonds is 8. The molecule has 12 heteroatoms. The Morgan fingerprint density at radius 2 is 1.62 bits per heavy atom. The van der Waals surface area contributed by atoms with Gasteiger partial charge in [0.15, 0.2) is 0 Å². The fourth-order valence-corrected chi connectivity index (χ4v) is 3.91. The molecule has 0 unspecified atom stereocenters. The van der Waals surface area contributed by atoms with Crippen LogP contribution in [0.1, 0.15) is 19.3 Å². The zero-order valence-corrected chi connectivity index (χ0v) is 21.2. The fourth-order valence-electron chi connectivity index (χ4n) is 3.91. The number of carbonyl (C=O) groups is 3. The van der Waals surface area contributed by atoms with E-state index in [1.807, 2.05) is 7.05 Å². The van der Waals surface area contributed by atoms with Gasteiger partial charge in [-0.15, -0.1) is 0 Å². The molecule has 0 radical (unpaired) electrons. The second-order valence-corrected chi connectivity index (χ2v) is 9.08. The molecule has 1 fully saturated rings. The Balaban J connectivity index is 1.28. The SMILES string of the molecule is CN1CCC(NC(=O)Nc2cc(Oc3ccc(NC(=O)CC(=O)Nc4ccc(F)cc4)c(F)c3)ccn2)CC1. The molecule has 0 atom stereocenters. The monoisotopic (exact) mass is 538 g/mol. The first kappa shape index (κ1) is 27.5. The van der Waals surface area contributed by atoms with Crippen molar-refractivity contribution in [3.8, 4) is 11.5 Å². The highest BCUT2D eigenvalue weighted by molar-refractivity contribution is 6.08. The van der Waals surface area contributed by atoms with Crippen LogP contribution in [0.15, 0.2) is 60.8 Å². The van der Waals surface area contributed by atoms with Gasteiger partial charge in [-0.2, -0.15) is 0 Å². The maximum atomic E-state index is 14.6. The van der Waals surface area contributed by atoms with Gasteiger partial charge in [0, 0.05) is 30.1 Å².